The van der Waals surface area contributed by atoms with Gasteiger partial charge >= 0.3 is 0 Å². The van der Waals surface area contributed by atoms with Gasteiger partial charge in [0.25, 0.3) is 0 Å². The van der Waals surface area contributed by atoms with Crippen molar-refractivity contribution in [2.24, 2.45) is 5.92 Å². The second-order valence-electron chi connectivity index (χ2n) is 4.86. The number of benzene rings is 1. The summed E-state index contributed by atoms with van der Waals surface area (Å²) in [5.74, 6) is 1.98. The van der Waals surface area contributed by atoms with Gasteiger partial charge in [-0.15, -0.1) is 0 Å². The van der Waals surface area contributed by atoms with Crippen LogP contribution in [0.1, 0.15) is 19.3 Å². The first-order chi connectivity index (χ1) is 9.28. The van der Waals surface area contributed by atoms with Gasteiger partial charge in [0.05, 0.1) is 20.3 Å². The van der Waals surface area contributed by atoms with Crippen molar-refractivity contribution in [2.75, 3.05) is 32.2 Å². The van der Waals surface area contributed by atoms with Crippen LogP contribution in [0.15, 0.2) is 18.2 Å². The maximum Gasteiger partial charge on any atom is 0.162 e. The number of piperidine rings is 1. The number of methoxy groups -OCH3 is 2. The van der Waals surface area contributed by atoms with E-state index in [0.717, 1.165) is 43.1 Å². The molecule has 1 aliphatic rings. The first-order valence-corrected chi connectivity index (χ1v) is 6.62. The van der Waals surface area contributed by atoms with Gasteiger partial charge in [-0.2, -0.15) is 5.26 Å². The molecule has 0 bridgehead atoms. The van der Waals surface area contributed by atoms with E-state index in [2.05, 4.69) is 17.0 Å². The Morgan fingerprint density at radius 2 is 2.11 bits per heavy atom. The lowest BCUT2D eigenvalue weighted by molar-refractivity contribution is 0.354. The zero-order chi connectivity index (χ0) is 13.7. The molecule has 1 aromatic rings. The quantitative estimate of drug-likeness (QED) is 0.835. The highest BCUT2D eigenvalue weighted by molar-refractivity contribution is 5.56. The van der Waals surface area contributed by atoms with Gasteiger partial charge in [0.15, 0.2) is 11.5 Å². The lowest BCUT2D eigenvalue weighted by Crippen LogP contribution is -2.35. The molecule has 4 nitrogen and oxygen atoms in total. The Bertz CT molecular complexity index is 468. The van der Waals surface area contributed by atoms with Gasteiger partial charge in [0.2, 0.25) is 0 Å². The van der Waals surface area contributed by atoms with Crippen LogP contribution in [0, 0.1) is 17.2 Å². The lowest BCUT2D eigenvalue weighted by Gasteiger charge is -2.33. The van der Waals surface area contributed by atoms with Crippen molar-refractivity contribution >= 4 is 5.69 Å². The van der Waals surface area contributed by atoms with Gasteiger partial charge in [-0.05, 0) is 30.9 Å². The molecule has 0 spiro atoms. The molecule has 0 aliphatic carbocycles. The molecule has 1 heterocycles. The largest absolute Gasteiger partial charge is 0.493 e. The molecule has 1 unspecified atom stereocenters. The average Bonchev–Trinajstić information content (AvgIpc) is 2.47. The molecular formula is C15H20N2O2. The number of hydrogen-bond acceptors (Lipinski definition) is 4. The topological polar surface area (TPSA) is 45.5 Å². The summed E-state index contributed by atoms with van der Waals surface area (Å²) < 4.78 is 10.6. The van der Waals surface area contributed by atoms with E-state index in [1.165, 1.54) is 0 Å². The van der Waals surface area contributed by atoms with Crippen molar-refractivity contribution in [2.45, 2.75) is 19.3 Å². The van der Waals surface area contributed by atoms with Gasteiger partial charge in [0, 0.05) is 31.3 Å². The Hall–Kier alpha value is -1.89. The number of ether oxygens (including phenoxy) is 2. The standard InChI is InChI=1S/C15H20N2O2/c1-18-14-6-5-13(10-15(14)19-2)17-9-3-4-12(11-17)7-8-16/h5-6,10,12H,3-4,7,9,11H2,1-2H3. The van der Waals surface area contributed by atoms with Crippen LogP contribution in [0.5, 0.6) is 11.5 Å². The van der Waals surface area contributed by atoms with Gasteiger partial charge in [0.1, 0.15) is 0 Å². The maximum absolute atomic E-state index is 8.82. The van der Waals surface area contributed by atoms with Crippen LogP contribution in [-0.4, -0.2) is 27.3 Å². The third-order valence-corrected chi connectivity index (χ3v) is 3.63. The van der Waals surface area contributed by atoms with E-state index in [9.17, 15) is 0 Å². The molecule has 1 fully saturated rings. The first kappa shape index (κ1) is 13.5. The molecule has 0 saturated carbocycles. The Labute approximate surface area is 114 Å². The molecule has 1 aliphatic heterocycles. The van der Waals surface area contributed by atoms with Crippen LogP contribution in [0.3, 0.4) is 0 Å². The van der Waals surface area contributed by atoms with Crippen LogP contribution >= 0.6 is 0 Å². The molecule has 1 saturated heterocycles. The van der Waals surface area contributed by atoms with E-state index in [1.54, 1.807) is 14.2 Å². The van der Waals surface area contributed by atoms with Gasteiger partial charge in [-0.1, -0.05) is 0 Å². The van der Waals surface area contributed by atoms with Gasteiger partial charge < -0.3 is 14.4 Å². The fraction of sp³-hybridized carbons (Fsp3) is 0.533. The highest BCUT2D eigenvalue weighted by Crippen LogP contribution is 2.33. The maximum atomic E-state index is 8.82. The van der Waals surface area contributed by atoms with Gasteiger partial charge in [-0.3, -0.25) is 0 Å². The van der Waals surface area contributed by atoms with E-state index in [1.807, 2.05) is 12.1 Å². The summed E-state index contributed by atoms with van der Waals surface area (Å²) in [6.07, 6.45) is 2.93. The van der Waals surface area contributed by atoms with Crippen LogP contribution in [0.25, 0.3) is 0 Å². The molecule has 0 radical (unpaired) electrons. The molecule has 1 atom stereocenters. The molecule has 102 valence electrons. The minimum Gasteiger partial charge on any atom is -0.493 e. The van der Waals surface area contributed by atoms with Crippen molar-refractivity contribution in [1.29, 1.82) is 5.26 Å². The summed E-state index contributed by atoms with van der Waals surface area (Å²) >= 11 is 0. The second kappa shape index (κ2) is 6.33. The zero-order valence-electron chi connectivity index (χ0n) is 11.6. The van der Waals surface area contributed by atoms with E-state index >= 15 is 0 Å². The molecule has 1 aromatic carbocycles. The highest BCUT2D eigenvalue weighted by Gasteiger charge is 2.20. The number of anilines is 1. The fourth-order valence-corrected chi connectivity index (χ4v) is 2.62. The van der Waals surface area contributed by atoms with E-state index in [-0.39, 0.29) is 0 Å². The SMILES string of the molecule is COc1ccc(N2CCCC(CC#N)C2)cc1OC. The van der Waals surface area contributed by atoms with Crippen LogP contribution in [0.2, 0.25) is 0 Å². The third kappa shape index (κ3) is 3.11. The predicted octanol–water partition coefficient (Wildman–Crippen LogP) is 2.83. The normalized spacial score (nSPS) is 18.8. The summed E-state index contributed by atoms with van der Waals surface area (Å²) in [6.45, 7) is 1.99. The summed E-state index contributed by atoms with van der Waals surface area (Å²) in [6, 6.07) is 8.27. The molecule has 0 amide bonds. The minimum atomic E-state index is 0.479. The van der Waals surface area contributed by atoms with E-state index in [4.69, 9.17) is 14.7 Å². The molecule has 2 rings (SSSR count). The lowest BCUT2D eigenvalue weighted by atomic mass is 9.95. The Balaban J connectivity index is 2.15. The summed E-state index contributed by atoms with van der Waals surface area (Å²) in [7, 11) is 3.29. The summed E-state index contributed by atoms with van der Waals surface area (Å²) in [4.78, 5) is 2.33. The average molecular weight is 260 g/mol. The van der Waals surface area contributed by atoms with Crippen molar-refractivity contribution in [3.8, 4) is 17.6 Å². The molecule has 0 N–H and O–H groups in total. The molecular weight excluding hydrogens is 240 g/mol. The number of nitrogens with zero attached hydrogens (tertiary/aromatic N) is 2. The molecule has 4 heteroatoms. The monoisotopic (exact) mass is 260 g/mol. The number of rotatable bonds is 4. The fourth-order valence-electron chi connectivity index (χ4n) is 2.62. The minimum absolute atomic E-state index is 0.479. The third-order valence-electron chi connectivity index (χ3n) is 3.63. The van der Waals surface area contributed by atoms with Crippen LogP contribution < -0.4 is 14.4 Å². The number of hydrogen-bond donors (Lipinski definition) is 0. The smallest absolute Gasteiger partial charge is 0.162 e. The molecule has 0 aromatic heterocycles. The molecule has 19 heavy (non-hydrogen) atoms. The first-order valence-electron chi connectivity index (χ1n) is 6.62. The Morgan fingerprint density at radius 3 is 2.79 bits per heavy atom. The Morgan fingerprint density at radius 1 is 1.32 bits per heavy atom. The van der Waals surface area contributed by atoms with Crippen LogP contribution in [-0.2, 0) is 0 Å². The van der Waals surface area contributed by atoms with E-state index < -0.39 is 0 Å². The predicted molar refractivity (Wildman–Crippen MR) is 74.7 cm³/mol. The van der Waals surface area contributed by atoms with Crippen molar-refractivity contribution in [1.82, 2.24) is 0 Å². The van der Waals surface area contributed by atoms with Crippen molar-refractivity contribution in [3.05, 3.63) is 18.2 Å². The summed E-state index contributed by atoms with van der Waals surface area (Å²) in [5, 5.41) is 8.82. The Kier molecular flexibility index (Phi) is 4.51. The number of nitriles is 1. The second-order valence-corrected chi connectivity index (χ2v) is 4.86. The van der Waals surface area contributed by atoms with Crippen LogP contribution in [0.4, 0.5) is 5.69 Å². The summed E-state index contributed by atoms with van der Waals surface area (Å²) in [5.41, 5.74) is 1.14. The van der Waals surface area contributed by atoms with E-state index in [0.29, 0.717) is 12.3 Å². The van der Waals surface area contributed by atoms with Crippen molar-refractivity contribution < 1.29 is 9.47 Å². The highest BCUT2D eigenvalue weighted by atomic mass is 16.5. The van der Waals surface area contributed by atoms with Crippen molar-refractivity contribution in [3.63, 3.8) is 0 Å². The van der Waals surface area contributed by atoms with Gasteiger partial charge in [-0.25, -0.2) is 0 Å². The zero-order valence-corrected chi connectivity index (χ0v) is 11.6.